The summed E-state index contributed by atoms with van der Waals surface area (Å²) in [4.78, 5) is 37.8. The van der Waals surface area contributed by atoms with Crippen LogP contribution in [0.15, 0.2) is 4.76 Å². The van der Waals surface area contributed by atoms with Crippen molar-refractivity contribution in [2.24, 2.45) is 10.5 Å². The lowest BCUT2D eigenvalue weighted by atomic mass is 10.0. The molecule has 0 aromatic heterocycles. The van der Waals surface area contributed by atoms with Gasteiger partial charge in [-0.15, -0.1) is 4.76 Å². The van der Waals surface area contributed by atoms with E-state index >= 15 is 0 Å². The average molecular weight is 407 g/mol. The van der Waals surface area contributed by atoms with Crippen LogP contribution in [0.25, 0.3) is 0 Å². The van der Waals surface area contributed by atoms with Gasteiger partial charge in [-0.2, -0.15) is 0 Å². The number of guanidine groups is 1. The molecule has 11 N–H and O–H groups in total. The number of carboxylic acids is 2. The van der Waals surface area contributed by atoms with Crippen molar-refractivity contribution < 1.29 is 59.7 Å². The lowest BCUT2D eigenvalue weighted by Gasteiger charge is -2.23. The van der Waals surface area contributed by atoms with Gasteiger partial charge in [0, 0.05) is 7.05 Å². The van der Waals surface area contributed by atoms with Gasteiger partial charge < -0.3 is 56.2 Å². The van der Waals surface area contributed by atoms with Crippen molar-refractivity contribution in [3.63, 3.8) is 0 Å². The van der Waals surface area contributed by atoms with Crippen LogP contribution < -0.4 is 5.73 Å². The number of aliphatic carboxylic acids is 2. The minimum absolute atomic E-state index is 0.477. The molecule has 0 aliphatic heterocycles. The van der Waals surface area contributed by atoms with Crippen molar-refractivity contribution in [2.75, 3.05) is 20.2 Å². The van der Waals surface area contributed by atoms with Crippen LogP contribution in [-0.4, -0.2) is 113 Å². The fourth-order valence-corrected chi connectivity index (χ4v) is 1.58. The normalized spacial score (nSPS) is 16.5. The van der Waals surface area contributed by atoms with Crippen LogP contribution in [0.4, 0.5) is 0 Å². The third kappa shape index (κ3) is 11.7. The maximum Gasteiger partial charge on any atom is 0.451 e. The number of carboxylic acid groups (broad SMARTS) is 2. The van der Waals surface area contributed by atoms with Crippen molar-refractivity contribution in [3.05, 3.63) is 0 Å². The van der Waals surface area contributed by atoms with Gasteiger partial charge in [-0.25, -0.2) is 9.36 Å². The van der Waals surface area contributed by atoms with Gasteiger partial charge in [0.05, 0.1) is 6.61 Å². The van der Waals surface area contributed by atoms with Gasteiger partial charge >= 0.3 is 19.7 Å². The second-order valence-corrected chi connectivity index (χ2v) is 5.96. The van der Waals surface area contributed by atoms with Gasteiger partial charge in [-0.05, 0) is 0 Å². The van der Waals surface area contributed by atoms with E-state index in [4.69, 9.17) is 51.3 Å². The lowest BCUT2D eigenvalue weighted by molar-refractivity contribution is -0.164. The molecular formula is C10H22N3O12P. The molecular weight excluding hydrogens is 385 g/mol. The number of nitrogens with zero attached hydrogens (tertiary/aromatic N) is 2. The number of hydrogen-bond acceptors (Lipinski definition) is 8. The Morgan fingerprint density at radius 1 is 1.12 bits per heavy atom. The van der Waals surface area contributed by atoms with Gasteiger partial charge in [-0.1, -0.05) is 0 Å². The first kappa shape index (κ1) is 26.4. The SMILES string of the molecule is CN(CC(=O)O)/C(N)=N/P(=O)(O)O.O=C(O)C(O)C(O)C(O)C(O)CO. The molecule has 16 heteroatoms. The van der Waals surface area contributed by atoms with E-state index in [1.54, 1.807) is 0 Å². The van der Waals surface area contributed by atoms with Crippen molar-refractivity contribution in [3.8, 4) is 0 Å². The molecule has 0 saturated heterocycles. The molecule has 4 unspecified atom stereocenters. The summed E-state index contributed by atoms with van der Waals surface area (Å²) in [5, 5.41) is 60.1. The van der Waals surface area contributed by atoms with E-state index in [1.807, 2.05) is 0 Å². The van der Waals surface area contributed by atoms with Gasteiger partial charge in [0.15, 0.2) is 6.10 Å². The van der Waals surface area contributed by atoms with E-state index in [0.29, 0.717) is 0 Å². The maximum atomic E-state index is 10.3. The van der Waals surface area contributed by atoms with Crippen LogP contribution in [0.1, 0.15) is 0 Å². The Bertz CT molecular complexity index is 537. The zero-order valence-electron chi connectivity index (χ0n) is 13.4. The van der Waals surface area contributed by atoms with E-state index in [-0.39, 0.29) is 0 Å². The Balaban J connectivity index is 0. The lowest BCUT2D eigenvalue weighted by Crippen LogP contribution is -2.48. The number of rotatable bonds is 8. The molecule has 0 radical (unpaired) electrons. The molecule has 0 rings (SSSR count). The minimum atomic E-state index is -4.59. The quantitative estimate of drug-likeness (QED) is 0.102. The Hall–Kier alpha value is -1.84. The van der Waals surface area contributed by atoms with Crippen LogP contribution in [-0.2, 0) is 14.2 Å². The third-order valence-corrected chi connectivity index (χ3v) is 2.97. The molecule has 0 aliphatic carbocycles. The number of aliphatic hydroxyl groups excluding tert-OH is 5. The first-order chi connectivity index (χ1) is 11.6. The number of carbonyl (C=O) groups is 2. The predicted octanol–water partition coefficient (Wildman–Crippen LogP) is -5.08. The molecule has 0 bridgehead atoms. The predicted molar refractivity (Wildman–Crippen MR) is 82.7 cm³/mol. The zero-order valence-corrected chi connectivity index (χ0v) is 14.3. The van der Waals surface area contributed by atoms with Crippen molar-refractivity contribution in [2.45, 2.75) is 24.4 Å². The molecule has 0 aromatic rings. The Morgan fingerprint density at radius 3 is 1.88 bits per heavy atom. The molecule has 154 valence electrons. The van der Waals surface area contributed by atoms with Crippen LogP contribution >= 0.6 is 7.75 Å². The fourth-order valence-electron chi connectivity index (χ4n) is 1.16. The molecule has 0 fully saturated rings. The summed E-state index contributed by atoms with van der Waals surface area (Å²) in [6.07, 6.45) is -7.84. The van der Waals surface area contributed by atoms with Crippen molar-refractivity contribution in [1.29, 1.82) is 0 Å². The third-order valence-electron chi connectivity index (χ3n) is 2.50. The summed E-state index contributed by atoms with van der Waals surface area (Å²) >= 11 is 0. The van der Waals surface area contributed by atoms with Crippen LogP contribution in [0.3, 0.4) is 0 Å². The molecule has 0 aromatic carbocycles. The molecule has 15 nitrogen and oxygen atoms in total. The number of hydrogen-bond donors (Lipinski definition) is 10. The standard InChI is InChI=1S/C6H12O7.C4H10N3O5P/c7-1-2(8)3(9)4(10)5(11)6(12)13;1-7(2-3(8)9)4(5)6-13(10,11)12/h2-5,7-11H,1H2,(H,12,13);2H2,1H3,(H,8,9)(H4,5,6,10,11,12). The monoisotopic (exact) mass is 407 g/mol. The molecule has 0 aliphatic rings. The summed E-state index contributed by atoms with van der Waals surface area (Å²) in [7, 11) is -3.34. The van der Waals surface area contributed by atoms with Crippen molar-refractivity contribution >= 4 is 25.6 Å². The fraction of sp³-hybridized carbons (Fsp3) is 0.700. The topological polar surface area (TPSA) is 275 Å². The summed E-state index contributed by atoms with van der Waals surface area (Å²) in [6.45, 7) is -1.32. The Labute approximate surface area is 146 Å². The van der Waals surface area contributed by atoms with Gasteiger partial charge in [0.25, 0.3) is 0 Å². The van der Waals surface area contributed by atoms with Gasteiger partial charge in [0.1, 0.15) is 24.9 Å². The van der Waals surface area contributed by atoms with E-state index in [2.05, 4.69) is 4.76 Å². The highest BCUT2D eigenvalue weighted by molar-refractivity contribution is 7.50. The second kappa shape index (κ2) is 11.7. The average Bonchev–Trinajstić information content (AvgIpc) is 2.50. The minimum Gasteiger partial charge on any atom is -0.480 e. The highest BCUT2D eigenvalue weighted by Crippen LogP contribution is 2.35. The molecule has 0 heterocycles. The highest BCUT2D eigenvalue weighted by Gasteiger charge is 2.33. The molecule has 26 heavy (non-hydrogen) atoms. The first-order valence-electron chi connectivity index (χ1n) is 6.54. The van der Waals surface area contributed by atoms with Crippen LogP contribution in [0, 0.1) is 0 Å². The molecule has 0 spiro atoms. The van der Waals surface area contributed by atoms with E-state index in [9.17, 15) is 14.2 Å². The van der Waals surface area contributed by atoms with Crippen LogP contribution in [0.5, 0.6) is 0 Å². The zero-order chi connectivity index (χ0) is 21.2. The number of aliphatic hydroxyl groups is 5. The van der Waals surface area contributed by atoms with E-state index in [1.165, 1.54) is 7.05 Å². The summed E-state index contributed by atoms with van der Waals surface area (Å²) in [5.41, 5.74) is 5.07. The smallest absolute Gasteiger partial charge is 0.451 e. The van der Waals surface area contributed by atoms with Gasteiger partial charge in [-0.3, -0.25) is 4.79 Å². The molecule has 0 amide bonds. The summed E-state index contributed by atoms with van der Waals surface area (Å²) in [5.74, 6) is -3.42. The highest BCUT2D eigenvalue weighted by atomic mass is 31.2. The Morgan fingerprint density at radius 2 is 1.58 bits per heavy atom. The van der Waals surface area contributed by atoms with Crippen molar-refractivity contribution in [1.82, 2.24) is 4.90 Å². The van der Waals surface area contributed by atoms with Gasteiger partial charge in [0.2, 0.25) is 5.96 Å². The van der Waals surface area contributed by atoms with Crippen LogP contribution in [0.2, 0.25) is 0 Å². The van der Waals surface area contributed by atoms with E-state index < -0.39 is 63.2 Å². The largest absolute Gasteiger partial charge is 0.480 e. The molecule has 0 saturated carbocycles. The summed E-state index contributed by atoms with van der Waals surface area (Å²) < 4.78 is 13.1. The maximum absolute atomic E-state index is 10.3. The van der Waals surface area contributed by atoms with E-state index in [0.717, 1.165) is 4.90 Å². The number of nitrogens with two attached hydrogens (primary N) is 1. The molecule has 4 atom stereocenters. The summed E-state index contributed by atoms with van der Waals surface area (Å²) in [6, 6.07) is 0. The first-order valence-corrected chi connectivity index (χ1v) is 8.10. The second-order valence-electron chi connectivity index (χ2n) is 4.74. The Kier molecular flexibility index (Phi) is 11.9. The number of likely N-dealkylation sites (N-methyl/N-ethyl adjacent to an activating group) is 1.